The van der Waals surface area contributed by atoms with Crippen LogP contribution in [0.2, 0.25) is 0 Å². The van der Waals surface area contributed by atoms with Gasteiger partial charge in [-0.2, -0.15) is 0 Å². The maximum atomic E-state index is 12.0. The van der Waals surface area contributed by atoms with E-state index in [1.165, 1.54) is 21.0 Å². The summed E-state index contributed by atoms with van der Waals surface area (Å²) in [5.41, 5.74) is 6.71. The molecule has 6 heteroatoms. The Morgan fingerprint density at radius 1 is 1.03 bits per heavy atom. The van der Waals surface area contributed by atoms with Crippen LogP contribution in [0.1, 0.15) is 54.5 Å². The van der Waals surface area contributed by atoms with Crippen LogP contribution in [0.3, 0.4) is 0 Å². The maximum absolute atomic E-state index is 12.0. The van der Waals surface area contributed by atoms with Crippen molar-refractivity contribution in [2.24, 2.45) is 4.99 Å². The minimum atomic E-state index is -0.489. The Kier molecular flexibility index (Phi) is 6.80. The van der Waals surface area contributed by atoms with Crippen LogP contribution in [0, 0.1) is 13.8 Å². The topological polar surface area (TPSA) is 81.8 Å². The number of aromatic nitrogens is 1. The fourth-order valence-electron chi connectivity index (χ4n) is 3.50. The third-order valence-corrected chi connectivity index (χ3v) is 4.81. The summed E-state index contributed by atoms with van der Waals surface area (Å²) in [6.07, 6.45) is 0.0986. The van der Waals surface area contributed by atoms with Crippen LogP contribution in [0.5, 0.6) is 0 Å². The molecule has 0 fully saturated rings. The molecule has 0 aliphatic carbocycles. The molecule has 0 spiro atoms. The number of hydrogen-bond donors (Lipinski definition) is 0. The molecule has 0 unspecified atom stereocenters. The number of nitrogens with zero attached hydrogens (tertiary/aromatic N) is 2. The number of benzene rings is 2. The van der Waals surface area contributed by atoms with Gasteiger partial charge < -0.3 is 14.1 Å². The van der Waals surface area contributed by atoms with Gasteiger partial charge >= 0.3 is 5.97 Å². The van der Waals surface area contributed by atoms with E-state index >= 15 is 0 Å². The third-order valence-electron chi connectivity index (χ3n) is 4.81. The molecule has 0 bridgehead atoms. The Bertz CT molecular complexity index is 1130. The molecule has 2 aromatic carbocycles. The van der Waals surface area contributed by atoms with Crippen LogP contribution in [0.25, 0.3) is 11.1 Å². The van der Waals surface area contributed by atoms with E-state index in [-0.39, 0.29) is 18.2 Å². The zero-order chi connectivity index (χ0) is 22.5. The van der Waals surface area contributed by atoms with E-state index in [4.69, 9.17) is 14.3 Å². The van der Waals surface area contributed by atoms with Gasteiger partial charge in [0.1, 0.15) is 11.8 Å². The number of aliphatic imine (C=N–C) groups is 1. The van der Waals surface area contributed by atoms with Gasteiger partial charge in [-0.3, -0.25) is 9.79 Å². The molecule has 160 valence electrons. The summed E-state index contributed by atoms with van der Waals surface area (Å²) >= 11 is 0. The molecule has 0 amide bonds. The van der Waals surface area contributed by atoms with E-state index in [0.717, 1.165) is 39.2 Å². The smallest absolute Gasteiger partial charge is 0.308 e. The number of aryl methyl sites for hydroxylation is 2. The van der Waals surface area contributed by atoms with Crippen LogP contribution in [-0.2, 0) is 14.3 Å². The lowest BCUT2D eigenvalue weighted by Crippen LogP contribution is -2.10. The number of ketones is 1. The largest absolute Gasteiger partial charge is 0.469 e. The van der Waals surface area contributed by atoms with Crippen molar-refractivity contribution in [1.82, 2.24) is 5.16 Å². The average molecular weight is 418 g/mol. The fourth-order valence-corrected chi connectivity index (χ4v) is 3.50. The lowest BCUT2D eigenvalue weighted by Gasteiger charge is -2.12. The number of hydrogen-bond acceptors (Lipinski definition) is 6. The second-order valence-corrected chi connectivity index (χ2v) is 7.60. The molecule has 4 rings (SSSR count). The van der Waals surface area contributed by atoms with Crippen LogP contribution in [-0.4, -0.2) is 29.7 Å². The van der Waals surface area contributed by atoms with Crippen LogP contribution in [0.15, 0.2) is 58.0 Å². The van der Waals surface area contributed by atoms with Gasteiger partial charge in [-0.15, -0.1) is 0 Å². The number of ether oxygens (including phenoxy) is 1. The molecule has 0 N–H and O–H groups in total. The Morgan fingerprint density at radius 2 is 1.71 bits per heavy atom. The molecule has 0 saturated carbocycles. The highest BCUT2D eigenvalue weighted by Crippen LogP contribution is 2.41. The Balaban J connectivity index is 0.000000628. The van der Waals surface area contributed by atoms with Crippen molar-refractivity contribution in [2.75, 3.05) is 7.11 Å². The molecule has 1 aromatic heterocycles. The molecule has 1 atom stereocenters. The zero-order valence-corrected chi connectivity index (χ0v) is 18.4. The van der Waals surface area contributed by atoms with Gasteiger partial charge in [0, 0.05) is 11.1 Å². The van der Waals surface area contributed by atoms with Crippen molar-refractivity contribution in [3.8, 4) is 11.1 Å². The Labute approximate surface area is 181 Å². The standard InChI is InChI=1S/C22H20N2O3.C3H6O/c1-13-9-10-16-17(11-13)21(15-7-5-4-6-8-15)23-18(12-19(25)26-3)22-20(16)14(2)24-27-22;1-3(2)4/h4-11,18H,12H2,1-3H3;1-2H3/t18-;/m0./s1. The third kappa shape index (κ3) is 4.97. The van der Waals surface area contributed by atoms with Crippen molar-refractivity contribution < 1.29 is 18.8 Å². The van der Waals surface area contributed by atoms with E-state index in [9.17, 15) is 9.59 Å². The van der Waals surface area contributed by atoms with Gasteiger partial charge in [-0.1, -0.05) is 53.2 Å². The fraction of sp³-hybridized carbons (Fsp3) is 0.280. The van der Waals surface area contributed by atoms with E-state index in [0.29, 0.717) is 5.76 Å². The molecule has 1 aliphatic rings. The lowest BCUT2D eigenvalue weighted by molar-refractivity contribution is -0.141. The van der Waals surface area contributed by atoms with Crippen LogP contribution in [0.4, 0.5) is 0 Å². The number of rotatable bonds is 3. The summed E-state index contributed by atoms with van der Waals surface area (Å²) in [4.78, 5) is 26.4. The molecule has 31 heavy (non-hydrogen) atoms. The number of methoxy groups -OCH3 is 1. The van der Waals surface area contributed by atoms with Crippen molar-refractivity contribution in [2.45, 2.75) is 40.2 Å². The first-order chi connectivity index (χ1) is 14.8. The van der Waals surface area contributed by atoms with E-state index < -0.39 is 6.04 Å². The average Bonchev–Trinajstić information content (AvgIpc) is 3.06. The van der Waals surface area contributed by atoms with Crippen LogP contribution >= 0.6 is 0 Å². The highest BCUT2D eigenvalue weighted by molar-refractivity contribution is 6.17. The highest BCUT2D eigenvalue weighted by Gasteiger charge is 2.31. The number of esters is 1. The van der Waals surface area contributed by atoms with Crippen molar-refractivity contribution in [3.05, 3.63) is 76.7 Å². The quantitative estimate of drug-likeness (QED) is 0.559. The maximum Gasteiger partial charge on any atom is 0.308 e. The van der Waals surface area contributed by atoms with E-state index in [2.05, 4.69) is 30.3 Å². The summed E-state index contributed by atoms with van der Waals surface area (Å²) in [7, 11) is 1.38. The number of carbonyl (C=O) groups is 2. The molecule has 2 heterocycles. The van der Waals surface area contributed by atoms with Gasteiger partial charge in [0.15, 0.2) is 5.76 Å². The van der Waals surface area contributed by atoms with Gasteiger partial charge in [-0.05, 0) is 39.3 Å². The molecule has 6 nitrogen and oxygen atoms in total. The molecule has 1 aliphatic heterocycles. The van der Waals surface area contributed by atoms with Crippen molar-refractivity contribution >= 4 is 17.5 Å². The lowest BCUT2D eigenvalue weighted by atomic mass is 9.91. The molecule has 0 saturated heterocycles. The first-order valence-electron chi connectivity index (χ1n) is 10.1. The number of Topliss-reactive ketones (excluding diaryl/α,β-unsaturated/α-hetero) is 1. The van der Waals surface area contributed by atoms with E-state index in [1.807, 2.05) is 37.3 Å². The number of carbonyl (C=O) groups excluding carboxylic acids is 2. The second-order valence-electron chi connectivity index (χ2n) is 7.60. The molecular weight excluding hydrogens is 392 g/mol. The van der Waals surface area contributed by atoms with Crippen LogP contribution < -0.4 is 0 Å². The summed E-state index contributed by atoms with van der Waals surface area (Å²) in [6.45, 7) is 7.02. The minimum Gasteiger partial charge on any atom is -0.469 e. The predicted octanol–water partition coefficient (Wildman–Crippen LogP) is 5.01. The highest BCUT2D eigenvalue weighted by atomic mass is 16.5. The summed E-state index contributed by atoms with van der Waals surface area (Å²) in [6, 6.07) is 15.8. The number of fused-ring (bicyclic) bond motifs is 3. The van der Waals surface area contributed by atoms with Gasteiger partial charge in [-0.25, -0.2) is 0 Å². The first kappa shape index (κ1) is 22.2. The van der Waals surface area contributed by atoms with Gasteiger partial charge in [0.2, 0.25) is 0 Å². The second kappa shape index (κ2) is 9.51. The summed E-state index contributed by atoms with van der Waals surface area (Å²) in [5, 5.41) is 4.15. The monoisotopic (exact) mass is 418 g/mol. The van der Waals surface area contributed by atoms with Crippen molar-refractivity contribution in [1.29, 1.82) is 0 Å². The van der Waals surface area contributed by atoms with E-state index in [1.54, 1.807) is 0 Å². The van der Waals surface area contributed by atoms with Gasteiger partial charge in [0.05, 0.1) is 30.5 Å². The first-order valence-corrected chi connectivity index (χ1v) is 10.1. The Morgan fingerprint density at radius 3 is 2.35 bits per heavy atom. The Hall–Kier alpha value is -3.54. The summed E-state index contributed by atoms with van der Waals surface area (Å²) in [5.74, 6) is 0.437. The van der Waals surface area contributed by atoms with Crippen molar-refractivity contribution in [3.63, 3.8) is 0 Å². The molecular formula is C25H26N2O4. The normalized spacial score (nSPS) is 14.2. The predicted molar refractivity (Wildman–Crippen MR) is 119 cm³/mol. The van der Waals surface area contributed by atoms with Gasteiger partial charge in [0.25, 0.3) is 0 Å². The minimum absolute atomic E-state index is 0.0986. The molecule has 3 aromatic rings. The summed E-state index contributed by atoms with van der Waals surface area (Å²) < 4.78 is 10.5. The molecule has 0 radical (unpaired) electrons. The zero-order valence-electron chi connectivity index (χ0n) is 18.4. The SMILES string of the molecule is CC(C)=O.COC(=O)C[C@@H]1N=C(c2ccccc2)c2cc(C)ccc2-c2c(C)noc21.